The summed E-state index contributed by atoms with van der Waals surface area (Å²) in [4.78, 5) is 11.1. The quantitative estimate of drug-likeness (QED) is 0.592. The zero-order valence-electron chi connectivity index (χ0n) is 13.3. The minimum Gasteiger partial charge on any atom is -0.478 e. The molecule has 0 fully saturated rings. The summed E-state index contributed by atoms with van der Waals surface area (Å²) in [6.45, 7) is 0. The molecule has 0 spiro atoms. The van der Waals surface area contributed by atoms with Gasteiger partial charge in [0.1, 0.15) is 0 Å². The summed E-state index contributed by atoms with van der Waals surface area (Å²) >= 11 is 5.65. The van der Waals surface area contributed by atoms with Crippen LogP contribution in [0.4, 0.5) is 24.5 Å². The van der Waals surface area contributed by atoms with E-state index in [4.69, 9.17) is 16.3 Å². The SMILES string of the molecule is CNS(=O)(=O)c1cc2c(c(C(=O)O)c1)Nc1cc(C(F)(F)F)c(Cl)cc1O2. The van der Waals surface area contributed by atoms with Gasteiger partial charge in [-0.15, -0.1) is 0 Å². The number of ether oxygens (including phenoxy) is 1. The topological polar surface area (TPSA) is 105 Å². The fourth-order valence-electron chi connectivity index (χ4n) is 2.45. The van der Waals surface area contributed by atoms with Gasteiger partial charge in [-0.25, -0.2) is 17.9 Å². The molecule has 1 heterocycles. The van der Waals surface area contributed by atoms with Crippen molar-refractivity contribution in [2.45, 2.75) is 11.1 Å². The number of rotatable bonds is 3. The molecule has 3 N–H and O–H groups in total. The van der Waals surface area contributed by atoms with Crippen LogP contribution in [0.5, 0.6) is 11.5 Å². The van der Waals surface area contributed by atoms with Crippen molar-refractivity contribution in [1.82, 2.24) is 4.72 Å². The molecule has 0 radical (unpaired) electrons. The first-order valence-electron chi connectivity index (χ1n) is 7.14. The van der Waals surface area contributed by atoms with Gasteiger partial charge < -0.3 is 15.2 Å². The Kier molecular flexibility index (Phi) is 4.49. The summed E-state index contributed by atoms with van der Waals surface area (Å²) in [5.41, 5.74) is -1.96. The van der Waals surface area contributed by atoms with Crippen molar-refractivity contribution in [3.8, 4) is 11.5 Å². The van der Waals surface area contributed by atoms with E-state index in [2.05, 4.69) is 5.32 Å². The van der Waals surface area contributed by atoms with Gasteiger partial charge in [0.25, 0.3) is 0 Å². The fraction of sp³-hybridized carbons (Fsp3) is 0.133. The molecule has 0 amide bonds. The van der Waals surface area contributed by atoms with Gasteiger partial charge in [-0.1, -0.05) is 11.6 Å². The summed E-state index contributed by atoms with van der Waals surface area (Å²) in [5, 5.41) is 11.3. The second-order valence-electron chi connectivity index (χ2n) is 5.41. The molecule has 2 aromatic rings. The van der Waals surface area contributed by atoms with Gasteiger partial charge in [-0.3, -0.25) is 0 Å². The molecule has 27 heavy (non-hydrogen) atoms. The molecule has 12 heteroatoms. The van der Waals surface area contributed by atoms with E-state index >= 15 is 0 Å². The van der Waals surface area contributed by atoms with Gasteiger partial charge in [0.15, 0.2) is 11.5 Å². The maximum atomic E-state index is 13.0. The molecule has 3 rings (SSSR count). The largest absolute Gasteiger partial charge is 0.478 e. The maximum Gasteiger partial charge on any atom is 0.417 e. The Morgan fingerprint density at radius 2 is 1.89 bits per heavy atom. The lowest BCUT2D eigenvalue weighted by molar-refractivity contribution is -0.137. The summed E-state index contributed by atoms with van der Waals surface area (Å²) in [6, 6.07) is 3.52. The van der Waals surface area contributed by atoms with Crippen LogP contribution in [0.15, 0.2) is 29.2 Å². The lowest BCUT2D eigenvalue weighted by Gasteiger charge is -2.25. The van der Waals surface area contributed by atoms with Crippen LogP contribution in [0.1, 0.15) is 15.9 Å². The van der Waals surface area contributed by atoms with E-state index in [0.717, 1.165) is 25.2 Å². The number of fused-ring (bicyclic) bond motifs is 2. The summed E-state index contributed by atoms with van der Waals surface area (Å²) in [5.74, 6) is -1.80. The normalized spacial score (nSPS) is 13.2. The van der Waals surface area contributed by atoms with E-state index in [1.807, 2.05) is 4.72 Å². The van der Waals surface area contributed by atoms with Crippen LogP contribution < -0.4 is 14.8 Å². The highest BCUT2D eigenvalue weighted by Gasteiger charge is 2.36. The number of carboxylic acid groups (broad SMARTS) is 1. The zero-order valence-corrected chi connectivity index (χ0v) is 14.9. The number of hydrogen-bond acceptors (Lipinski definition) is 5. The Morgan fingerprint density at radius 3 is 2.44 bits per heavy atom. The molecule has 7 nitrogen and oxygen atoms in total. The Labute approximate surface area is 155 Å². The molecule has 1 aliphatic heterocycles. The predicted molar refractivity (Wildman–Crippen MR) is 89.5 cm³/mol. The predicted octanol–water partition coefficient (Wildman–Crippen LogP) is 3.81. The number of anilines is 2. The smallest absolute Gasteiger partial charge is 0.417 e. The van der Waals surface area contributed by atoms with Crippen molar-refractivity contribution >= 4 is 39.0 Å². The molecule has 2 aromatic carbocycles. The minimum atomic E-state index is -4.73. The fourth-order valence-corrected chi connectivity index (χ4v) is 3.48. The van der Waals surface area contributed by atoms with Crippen LogP contribution in [0, 0.1) is 0 Å². The third kappa shape index (κ3) is 3.40. The van der Waals surface area contributed by atoms with E-state index in [1.165, 1.54) is 0 Å². The van der Waals surface area contributed by atoms with Crippen molar-refractivity contribution < 1.29 is 36.2 Å². The molecule has 144 valence electrons. The standard InChI is InChI=1S/C15H10ClF3N2O5S/c1-20-27(24,25)6-2-7(14(22)23)13-12(3-6)26-11-5-9(16)8(15(17,18)19)4-10(11)21-13/h2-5,20-21H,1H3,(H,22,23). The number of benzene rings is 2. The van der Waals surface area contributed by atoms with E-state index in [-0.39, 0.29) is 27.8 Å². The van der Waals surface area contributed by atoms with Gasteiger partial charge in [0.05, 0.1) is 32.4 Å². The van der Waals surface area contributed by atoms with Crippen molar-refractivity contribution in [2.75, 3.05) is 12.4 Å². The number of hydrogen-bond donors (Lipinski definition) is 3. The summed E-state index contributed by atoms with van der Waals surface area (Å²) in [7, 11) is -2.85. The highest BCUT2D eigenvalue weighted by atomic mass is 35.5. The van der Waals surface area contributed by atoms with Crippen molar-refractivity contribution in [1.29, 1.82) is 0 Å². The molecule has 0 unspecified atom stereocenters. The highest BCUT2D eigenvalue weighted by molar-refractivity contribution is 7.89. The molecule has 0 aromatic heterocycles. The number of carbonyl (C=O) groups is 1. The maximum absolute atomic E-state index is 13.0. The van der Waals surface area contributed by atoms with Crippen molar-refractivity contribution in [3.05, 3.63) is 40.4 Å². The molecule has 1 aliphatic rings. The van der Waals surface area contributed by atoms with Crippen LogP contribution in [0.2, 0.25) is 5.02 Å². The van der Waals surface area contributed by atoms with Crippen LogP contribution in [-0.4, -0.2) is 26.5 Å². The average Bonchev–Trinajstić information content (AvgIpc) is 2.57. The van der Waals surface area contributed by atoms with Crippen molar-refractivity contribution in [3.63, 3.8) is 0 Å². The van der Waals surface area contributed by atoms with Crippen LogP contribution >= 0.6 is 11.6 Å². The molecular weight excluding hydrogens is 413 g/mol. The van der Waals surface area contributed by atoms with Gasteiger partial charge >= 0.3 is 12.1 Å². The van der Waals surface area contributed by atoms with Gasteiger partial charge in [0.2, 0.25) is 10.0 Å². The molecule has 0 bridgehead atoms. The Hall–Kier alpha value is -2.50. The third-order valence-electron chi connectivity index (χ3n) is 3.74. The van der Waals surface area contributed by atoms with Crippen LogP contribution in [-0.2, 0) is 16.2 Å². The second kappa shape index (κ2) is 6.29. The van der Waals surface area contributed by atoms with Crippen molar-refractivity contribution in [2.24, 2.45) is 0 Å². The first-order valence-corrected chi connectivity index (χ1v) is 9.00. The van der Waals surface area contributed by atoms with Crippen LogP contribution in [0.25, 0.3) is 0 Å². The number of halogens is 4. The highest BCUT2D eigenvalue weighted by Crippen LogP contribution is 2.48. The molecule has 0 aliphatic carbocycles. The Morgan fingerprint density at radius 1 is 1.22 bits per heavy atom. The molecule has 0 atom stereocenters. The number of aromatic carboxylic acids is 1. The monoisotopic (exact) mass is 422 g/mol. The molecule has 0 saturated heterocycles. The number of sulfonamides is 1. The first kappa shape index (κ1) is 19.3. The Balaban J connectivity index is 2.19. The number of alkyl halides is 3. The summed E-state index contributed by atoms with van der Waals surface area (Å²) < 4.78 is 70.5. The van der Waals surface area contributed by atoms with E-state index in [9.17, 15) is 31.5 Å². The van der Waals surface area contributed by atoms with E-state index in [0.29, 0.717) is 6.07 Å². The molecular formula is C15H10ClF3N2O5S. The minimum absolute atomic E-state index is 0.115. The number of nitrogens with one attached hydrogen (secondary N) is 2. The molecule has 0 saturated carbocycles. The van der Waals surface area contributed by atoms with E-state index in [1.54, 1.807) is 0 Å². The second-order valence-corrected chi connectivity index (χ2v) is 7.70. The summed E-state index contributed by atoms with van der Waals surface area (Å²) in [6.07, 6.45) is -4.73. The first-order chi connectivity index (χ1) is 12.4. The van der Waals surface area contributed by atoms with Gasteiger partial charge in [-0.2, -0.15) is 13.2 Å². The van der Waals surface area contributed by atoms with Crippen LogP contribution in [0.3, 0.4) is 0 Å². The van der Waals surface area contributed by atoms with Gasteiger partial charge in [0, 0.05) is 12.1 Å². The third-order valence-corrected chi connectivity index (χ3v) is 5.45. The average molecular weight is 423 g/mol. The zero-order chi connectivity index (χ0) is 20.1. The number of carboxylic acids is 1. The lowest BCUT2D eigenvalue weighted by Crippen LogP contribution is -2.20. The van der Waals surface area contributed by atoms with Gasteiger partial charge in [-0.05, 0) is 19.2 Å². The lowest BCUT2D eigenvalue weighted by atomic mass is 10.1. The van der Waals surface area contributed by atoms with E-state index < -0.39 is 38.3 Å². The Bertz CT molecular complexity index is 1070.